The third-order valence-corrected chi connectivity index (χ3v) is 9.49. The minimum atomic E-state index is -0.478. The van der Waals surface area contributed by atoms with E-state index in [0.29, 0.717) is 47.2 Å². The number of benzene rings is 3. The third-order valence-electron chi connectivity index (χ3n) is 9.23. The Bertz CT molecular complexity index is 1850. The summed E-state index contributed by atoms with van der Waals surface area (Å²) in [7, 11) is 2.99. The predicted octanol–water partition coefficient (Wildman–Crippen LogP) is 7.21. The summed E-state index contributed by atoms with van der Waals surface area (Å²) in [5.41, 5.74) is 4.76. The third kappa shape index (κ3) is 7.54. The molecule has 0 radical (unpaired) electrons. The smallest absolute Gasteiger partial charge is 0.287 e. The molecular formula is C38H39ClN2O6. The molecular weight excluding hydrogens is 616 g/mol. The molecule has 0 bridgehead atoms. The zero-order valence-electron chi connectivity index (χ0n) is 26.7. The summed E-state index contributed by atoms with van der Waals surface area (Å²) in [6.45, 7) is 1.51. The number of methoxy groups -OCH3 is 2. The number of hydrogen-bond acceptors (Lipinski definition) is 6. The number of ether oxygens (including phenoxy) is 2. The molecule has 2 fully saturated rings. The van der Waals surface area contributed by atoms with Crippen molar-refractivity contribution in [1.29, 1.82) is 0 Å². The Kier molecular flexibility index (Phi) is 9.97. The number of likely N-dealkylation sites (tertiary alicyclic amines) is 1. The molecule has 1 atom stereocenters. The van der Waals surface area contributed by atoms with Crippen LogP contribution in [0.25, 0.3) is 11.0 Å². The zero-order valence-corrected chi connectivity index (χ0v) is 27.5. The van der Waals surface area contributed by atoms with Crippen LogP contribution < -0.4 is 20.2 Å². The highest BCUT2D eigenvalue weighted by atomic mass is 35.5. The van der Waals surface area contributed by atoms with E-state index in [1.165, 1.54) is 37.0 Å². The monoisotopic (exact) mass is 654 g/mol. The van der Waals surface area contributed by atoms with E-state index in [9.17, 15) is 14.4 Å². The van der Waals surface area contributed by atoms with Crippen LogP contribution in [-0.4, -0.2) is 43.5 Å². The number of hydrogen-bond donors (Lipinski definition) is 1. The Labute approximate surface area is 279 Å². The Morgan fingerprint density at radius 2 is 1.72 bits per heavy atom. The minimum Gasteiger partial charge on any atom is -0.493 e. The summed E-state index contributed by atoms with van der Waals surface area (Å²) < 4.78 is 16.6. The molecule has 0 unspecified atom stereocenters. The number of amides is 2. The van der Waals surface area contributed by atoms with E-state index in [1.807, 2.05) is 29.2 Å². The Morgan fingerprint density at radius 3 is 2.43 bits per heavy atom. The number of fused-ring (bicyclic) bond motifs is 1. The number of rotatable bonds is 10. The van der Waals surface area contributed by atoms with E-state index in [1.54, 1.807) is 12.1 Å². The molecule has 1 saturated carbocycles. The van der Waals surface area contributed by atoms with Gasteiger partial charge in [-0.1, -0.05) is 59.6 Å². The van der Waals surface area contributed by atoms with E-state index in [0.717, 1.165) is 44.2 Å². The number of carbonyl (C=O) groups is 2. The van der Waals surface area contributed by atoms with Crippen LogP contribution in [0.5, 0.6) is 11.5 Å². The fourth-order valence-corrected chi connectivity index (χ4v) is 6.89. The van der Waals surface area contributed by atoms with Gasteiger partial charge in [-0.05, 0) is 79.3 Å². The molecule has 1 N–H and O–H groups in total. The molecule has 1 aromatic heterocycles. The van der Waals surface area contributed by atoms with Crippen LogP contribution in [-0.2, 0) is 17.8 Å². The number of halogens is 1. The van der Waals surface area contributed by atoms with Gasteiger partial charge in [0.15, 0.2) is 22.7 Å². The van der Waals surface area contributed by atoms with Gasteiger partial charge in [-0.3, -0.25) is 14.4 Å². The maximum absolute atomic E-state index is 13.6. The second-order valence-corrected chi connectivity index (χ2v) is 12.7. The summed E-state index contributed by atoms with van der Waals surface area (Å²) in [4.78, 5) is 40.9. The molecule has 0 spiro atoms. The van der Waals surface area contributed by atoms with Crippen LogP contribution in [0.4, 0.5) is 0 Å². The maximum atomic E-state index is 13.6. The van der Waals surface area contributed by atoms with E-state index in [2.05, 4.69) is 35.7 Å². The zero-order chi connectivity index (χ0) is 32.9. The van der Waals surface area contributed by atoms with Crippen molar-refractivity contribution in [3.8, 4) is 11.5 Å². The summed E-state index contributed by atoms with van der Waals surface area (Å²) in [5, 5.41) is 4.05. The lowest BCUT2D eigenvalue weighted by atomic mass is 9.79. The molecule has 6 rings (SSSR count). The van der Waals surface area contributed by atoms with Crippen molar-refractivity contribution < 1.29 is 23.5 Å². The van der Waals surface area contributed by atoms with Crippen molar-refractivity contribution in [2.45, 2.75) is 63.5 Å². The molecule has 1 saturated heterocycles. The normalized spacial score (nSPS) is 17.1. The van der Waals surface area contributed by atoms with Crippen LogP contribution in [0.15, 0.2) is 87.6 Å². The molecule has 4 aromatic rings. The molecule has 9 heteroatoms. The van der Waals surface area contributed by atoms with Gasteiger partial charge in [-0.2, -0.15) is 0 Å². The first-order valence-electron chi connectivity index (χ1n) is 16.1. The van der Waals surface area contributed by atoms with Crippen molar-refractivity contribution in [1.82, 2.24) is 10.2 Å². The van der Waals surface area contributed by atoms with Gasteiger partial charge < -0.3 is 24.1 Å². The standard InChI is InChI=1S/C38H39ClN2O6/c1-45-34-20-31-32(42)21-36(47-33(31)22-35(34)46-2)38(44)40-29(19-25-11-15-28(39)16-12-25)18-24-9-13-26(14-10-24)30-7-4-3-6-27(30)23-41-17-5-8-37(41)43/h3-4,6-7,11-12,15-16,18,20-22,26,29H,5,8-10,13-14,17,19,23H2,1-2H3,(H,40,44)/t26?,29-/m0/s1. The van der Waals surface area contributed by atoms with Gasteiger partial charge in [0.2, 0.25) is 5.91 Å². The first-order chi connectivity index (χ1) is 22.8. The quantitative estimate of drug-likeness (QED) is 0.182. The summed E-state index contributed by atoms with van der Waals surface area (Å²) in [6, 6.07) is 20.1. The molecule has 244 valence electrons. The van der Waals surface area contributed by atoms with Gasteiger partial charge in [-0.15, -0.1) is 0 Å². The van der Waals surface area contributed by atoms with E-state index in [-0.39, 0.29) is 28.7 Å². The summed E-state index contributed by atoms with van der Waals surface area (Å²) in [6.07, 6.45) is 8.07. The molecule has 47 heavy (non-hydrogen) atoms. The van der Waals surface area contributed by atoms with Crippen molar-refractivity contribution in [2.24, 2.45) is 0 Å². The lowest BCUT2D eigenvalue weighted by molar-refractivity contribution is -0.128. The van der Waals surface area contributed by atoms with Crippen LogP contribution in [0.2, 0.25) is 5.02 Å². The fourth-order valence-electron chi connectivity index (χ4n) is 6.76. The lowest BCUT2D eigenvalue weighted by Gasteiger charge is -2.28. The lowest BCUT2D eigenvalue weighted by Crippen LogP contribution is -2.36. The Morgan fingerprint density at radius 1 is 1.00 bits per heavy atom. The van der Waals surface area contributed by atoms with Gasteiger partial charge in [0.1, 0.15) is 5.58 Å². The average molecular weight is 655 g/mol. The van der Waals surface area contributed by atoms with Gasteiger partial charge >= 0.3 is 0 Å². The van der Waals surface area contributed by atoms with Crippen molar-refractivity contribution in [3.63, 3.8) is 0 Å². The highest BCUT2D eigenvalue weighted by Crippen LogP contribution is 2.38. The second kappa shape index (κ2) is 14.5. The van der Waals surface area contributed by atoms with Crippen LogP contribution in [0.3, 0.4) is 0 Å². The number of nitrogens with zero attached hydrogens (tertiary/aromatic N) is 1. The molecule has 1 aliphatic carbocycles. The van der Waals surface area contributed by atoms with Crippen molar-refractivity contribution in [3.05, 3.63) is 116 Å². The van der Waals surface area contributed by atoms with E-state index < -0.39 is 5.91 Å². The van der Waals surface area contributed by atoms with Crippen LogP contribution in [0.1, 0.15) is 71.7 Å². The molecule has 8 nitrogen and oxygen atoms in total. The van der Waals surface area contributed by atoms with Crippen LogP contribution >= 0.6 is 11.6 Å². The topological polar surface area (TPSA) is 98.1 Å². The second-order valence-electron chi connectivity index (χ2n) is 12.3. The number of allylic oxidation sites excluding steroid dienone is 1. The predicted molar refractivity (Wildman–Crippen MR) is 182 cm³/mol. The van der Waals surface area contributed by atoms with Gasteiger partial charge in [0.25, 0.3) is 5.91 Å². The Balaban J connectivity index is 1.21. The van der Waals surface area contributed by atoms with Gasteiger partial charge in [0.05, 0.1) is 25.6 Å². The fraction of sp³-hybridized carbons (Fsp3) is 0.342. The van der Waals surface area contributed by atoms with E-state index >= 15 is 0 Å². The highest BCUT2D eigenvalue weighted by molar-refractivity contribution is 6.30. The summed E-state index contributed by atoms with van der Waals surface area (Å²) >= 11 is 6.14. The van der Waals surface area contributed by atoms with Crippen molar-refractivity contribution in [2.75, 3.05) is 20.8 Å². The molecule has 2 amide bonds. The molecule has 3 aromatic carbocycles. The highest BCUT2D eigenvalue weighted by Gasteiger charge is 2.26. The van der Waals surface area contributed by atoms with E-state index in [4.69, 9.17) is 25.5 Å². The number of carbonyl (C=O) groups excluding carboxylic acids is 2. The van der Waals surface area contributed by atoms with Crippen molar-refractivity contribution >= 4 is 34.4 Å². The largest absolute Gasteiger partial charge is 0.493 e. The first kappa shape index (κ1) is 32.4. The first-order valence-corrected chi connectivity index (χ1v) is 16.5. The molecule has 1 aliphatic heterocycles. The summed E-state index contributed by atoms with van der Waals surface area (Å²) in [5.74, 6) is 0.894. The number of nitrogens with one attached hydrogen (secondary N) is 1. The maximum Gasteiger partial charge on any atom is 0.287 e. The minimum absolute atomic E-state index is 0.0778. The molecule has 2 aliphatic rings. The van der Waals surface area contributed by atoms with Gasteiger partial charge in [0, 0.05) is 36.7 Å². The Hall–Kier alpha value is -4.56. The SMILES string of the molecule is COc1cc2oc(C(=O)N[C@@H](C=C3CCC(c4ccccc4CN4CCCC4=O)CC3)Cc3ccc(Cl)cc3)cc(=O)c2cc1OC. The molecule has 2 heterocycles. The van der Waals surface area contributed by atoms with Gasteiger partial charge in [-0.25, -0.2) is 0 Å². The average Bonchev–Trinajstić information content (AvgIpc) is 3.49. The van der Waals surface area contributed by atoms with Crippen LogP contribution in [0, 0.1) is 0 Å².